The zero-order valence-corrected chi connectivity index (χ0v) is 13.5. The van der Waals surface area contributed by atoms with Gasteiger partial charge >= 0.3 is 0 Å². The topological polar surface area (TPSA) is 12.0 Å². The van der Waals surface area contributed by atoms with Crippen molar-refractivity contribution < 1.29 is 0 Å². The fourth-order valence-corrected chi connectivity index (χ4v) is 2.89. The van der Waals surface area contributed by atoms with Gasteiger partial charge in [0.05, 0.1) is 0 Å². The average Bonchev–Trinajstić information content (AvgIpc) is 2.27. The summed E-state index contributed by atoms with van der Waals surface area (Å²) in [6, 6.07) is 8.48. The van der Waals surface area contributed by atoms with Crippen molar-refractivity contribution in [3.8, 4) is 0 Å². The van der Waals surface area contributed by atoms with Gasteiger partial charge in [-0.05, 0) is 38.5 Å². The van der Waals surface area contributed by atoms with Crippen LogP contribution in [0.4, 0.5) is 0 Å². The first kappa shape index (κ1) is 15.1. The second kappa shape index (κ2) is 6.81. The molecular weight excluding hydrogens is 294 g/mol. The van der Waals surface area contributed by atoms with Crippen LogP contribution in [-0.4, -0.2) is 17.3 Å². The molecule has 0 aromatic heterocycles. The second-order valence-electron chi connectivity index (χ2n) is 5.00. The first-order chi connectivity index (χ1) is 7.93. The van der Waals surface area contributed by atoms with E-state index in [0.717, 1.165) is 17.4 Å². The quantitative estimate of drug-likeness (QED) is 0.763. The summed E-state index contributed by atoms with van der Waals surface area (Å²) in [7, 11) is 0. The normalized spacial score (nSPS) is 13.7. The molecule has 0 aliphatic carbocycles. The predicted molar refractivity (Wildman–Crippen MR) is 81.8 cm³/mol. The van der Waals surface area contributed by atoms with Crippen molar-refractivity contribution in [1.29, 1.82) is 0 Å². The Kier molecular flexibility index (Phi) is 6.04. The van der Waals surface area contributed by atoms with Crippen molar-refractivity contribution >= 4 is 27.7 Å². The van der Waals surface area contributed by atoms with Crippen molar-refractivity contribution in [2.24, 2.45) is 0 Å². The highest BCUT2D eigenvalue weighted by atomic mass is 79.9. The fourth-order valence-electron chi connectivity index (χ4n) is 1.36. The van der Waals surface area contributed by atoms with Crippen LogP contribution < -0.4 is 5.32 Å². The van der Waals surface area contributed by atoms with E-state index >= 15 is 0 Å². The first-order valence-electron chi connectivity index (χ1n) is 6.10. The standard InChI is InChI=1S/C14H22BrNS/c1-5-14(3,4)16-10-11(2)17-13-8-6-7-12(15)9-13/h6-9,11,16H,5,10H2,1-4H3. The summed E-state index contributed by atoms with van der Waals surface area (Å²) >= 11 is 5.42. The minimum absolute atomic E-state index is 0.242. The van der Waals surface area contributed by atoms with Crippen LogP contribution in [0, 0.1) is 0 Å². The van der Waals surface area contributed by atoms with Crippen LogP contribution in [-0.2, 0) is 0 Å². The lowest BCUT2D eigenvalue weighted by atomic mass is 10.0. The summed E-state index contributed by atoms with van der Waals surface area (Å²) in [6.07, 6.45) is 1.15. The Morgan fingerprint density at radius 2 is 2.12 bits per heavy atom. The predicted octanol–water partition coefficient (Wildman–Crippen LogP) is 4.71. The van der Waals surface area contributed by atoms with Crippen LogP contribution >= 0.6 is 27.7 Å². The largest absolute Gasteiger partial charge is 0.311 e. The van der Waals surface area contributed by atoms with Gasteiger partial charge in [-0.25, -0.2) is 0 Å². The van der Waals surface area contributed by atoms with Crippen LogP contribution in [0.5, 0.6) is 0 Å². The molecule has 0 spiro atoms. The summed E-state index contributed by atoms with van der Waals surface area (Å²) in [5.74, 6) is 0. The van der Waals surface area contributed by atoms with Crippen molar-refractivity contribution in [2.75, 3.05) is 6.54 Å². The summed E-state index contributed by atoms with van der Waals surface area (Å²) in [6.45, 7) is 10.0. The second-order valence-corrected chi connectivity index (χ2v) is 7.43. The molecule has 1 atom stereocenters. The van der Waals surface area contributed by atoms with E-state index in [4.69, 9.17) is 0 Å². The molecule has 0 aliphatic rings. The number of halogens is 1. The Morgan fingerprint density at radius 1 is 1.41 bits per heavy atom. The molecule has 96 valence electrons. The Morgan fingerprint density at radius 3 is 2.71 bits per heavy atom. The molecule has 0 radical (unpaired) electrons. The van der Waals surface area contributed by atoms with Crippen LogP contribution in [0.25, 0.3) is 0 Å². The number of thioether (sulfide) groups is 1. The number of benzene rings is 1. The molecule has 1 nitrogen and oxygen atoms in total. The van der Waals surface area contributed by atoms with Crippen LogP contribution in [0.2, 0.25) is 0 Å². The van der Waals surface area contributed by atoms with Crippen LogP contribution in [0.3, 0.4) is 0 Å². The van der Waals surface area contributed by atoms with Gasteiger partial charge in [0.15, 0.2) is 0 Å². The lowest BCUT2D eigenvalue weighted by Crippen LogP contribution is -2.41. The Balaban J connectivity index is 2.42. The summed E-state index contributed by atoms with van der Waals surface area (Å²) in [4.78, 5) is 1.32. The van der Waals surface area contributed by atoms with E-state index < -0.39 is 0 Å². The highest BCUT2D eigenvalue weighted by Crippen LogP contribution is 2.25. The summed E-state index contributed by atoms with van der Waals surface area (Å²) in [5.41, 5.74) is 0.242. The van der Waals surface area contributed by atoms with E-state index in [9.17, 15) is 0 Å². The molecule has 1 aromatic rings. The number of nitrogens with one attached hydrogen (secondary N) is 1. The van der Waals surface area contributed by atoms with E-state index in [-0.39, 0.29) is 5.54 Å². The first-order valence-corrected chi connectivity index (χ1v) is 7.77. The monoisotopic (exact) mass is 315 g/mol. The van der Waals surface area contributed by atoms with Gasteiger partial charge in [0.25, 0.3) is 0 Å². The van der Waals surface area contributed by atoms with Gasteiger partial charge in [-0.15, -0.1) is 11.8 Å². The van der Waals surface area contributed by atoms with Crippen LogP contribution in [0.1, 0.15) is 34.1 Å². The third kappa shape index (κ3) is 5.94. The van der Waals surface area contributed by atoms with Gasteiger partial charge in [0, 0.05) is 26.7 Å². The molecule has 0 saturated heterocycles. The van der Waals surface area contributed by atoms with Gasteiger partial charge in [-0.1, -0.05) is 35.8 Å². The highest BCUT2D eigenvalue weighted by Gasteiger charge is 2.15. The van der Waals surface area contributed by atoms with Crippen molar-refractivity contribution in [2.45, 2.75) is 49.8 Å². The SMILES string of the molecule is CCC(C)(C)NCC(C)Sc1cccc(Br)c1. The zero-order chi connectivity index (χ0) is 12.9. The minimum Gasteiger partial charge on any atom is -0.311 e. The van der Waals surface area contributed by atoms with E-state index in [1.807, 2.05) is 11.8 Å². The molecule has 0 bridgehead atoms. The molecule has 0 amide bonds. The van der Waals surface area contributed by atoms with E-state index in [1.54, 1.807) is 0 Å². The lowest BCUT2D eigenvalue weighted by Gasteiger charge is -2.26. The number of hydrogen-bond donors (Lipinski definition) is 1. The maximum absolute atomic E-state index is 3.61. The molecule has 0 heterocycles. The van der Waals surface area contributed by atoms with E-state index in [1.165, 1.54) is 4.90 Å². The lowest BCUT2D eigenvalue weighted by molar-refractivity contribution is 0.379. The highest BCUT2D eigenvalue weighted by molar-refractivity contribution is 9.10. The molecule has 3 heteroatoms. The summed E-state index contributed by atoms with van der Waals surface area (Å²) in [5, 5.41) is 4.19. The molecule has 1 aromatic carbocycles. The maximum atomic E-state index is 3.61. The van der Waals surface area contributed by atoms with Gasteiger partial charge in [-0.2, -0.15) is 0 Å². The Labute approximate surface area is 118 Å². The molecule has 0 aliphatic heterocycles. The van der Waals surface area contributed by atoms with Crippen molar-refractivity contribution in [3.05, 3.63) is 28.7 Å². The fraction of sp³-hybridized carbons (Fsp3) is 0.571. The van der Waals surface area contributed by atoms with Gasteiger partial charge in [0.2, 0.25) is 0 Å². The number of hydrogen-bond acceptors (Lipinski definition) is 2. The smallest absolute Gasteiger partial charge is 0.0191 e. The van der Waals surface area contributed by atoms with Crippen molar-refractivity contribution in [3.63, 3.8) is 0 Å². The molecule has 17 heavy (non-hydrogen) atoms. The van der Waals surface area contributed by atoms with Gasteiger partial charge in [0.1, 0.15) is 0 Å². The minimum atomic E-state index is 0.242. The molecular formula is C14H22BrNS. The van der Waals surface area contributed by atoms with E-state index in [2.05, 4.69) is 73.2 Å². The summed E-state index contributed by atoms with van der Waals surface area (Å²) < 4.78 is 1.15. The van der Waals surface area contributed by atoms with E-state index in [0.29, 0.717) is 5.25 Å². The van der Waals surface area contributed by atoms with Gasteiger partial charge < -0.3 is 5.32 Å². The third-order valence-corrected chi connectivity index (χ3v) is 4.47. The number of rotatable bonds is 6. The molecule has 0 saturated carbocycles. The third-order valence-electron chi connectivity index (χ3n) is 2.89. The van der Waals surface area contributed by atoms with Crippen LogP contribution in [0.15, 0.2) is 33.6 Å². The Bertz CT molecular complexity index is 352. The van der Waals surface area contributed by atoms with Crippen molar-refractivity contribution in [1.82, 2.24) is 5.32 Å². The maximum Gasteiger partial charge on any atom is 0.0191 e. The molecule has 1 N–H and O–H groups in total. The molecule has 1 unspecified atom stereocenters. The average molecular weight is 316 g/mol. The van der Waals surface area contributed by atoms with Gasteiger partial charge in [-0.3, -0.25) is 0 Å². The molecule has 0 fully saturated rings. The zero-order valence-electron chi connectivity index (χ0n) is 11.1. The Hall–Kier alpha value is 0.01000. The molecule has 1 rings (SSSR count).